The van der Waals surface area contributed by atoms with Crippen molar-refractivity contribution in [1.82, 2.24) is 10.2 Å². The van der Waals surface area contributed by atoms with E-state index >= 15 is 0 Å². The van der Waals surface area contributed by atoms with Crippen molar-refractivity contribution in [3.05, 3.63) is 17.9 Å². The highest BCUT2D eigenvalue weighted by Gasteiger charge is 2.25. The average Bonchev–Trinajstić information content (AvgIpc) is 2.86. The quantitative estimate of drug-likeness (QED) is 0.867. The lowest BCUT2D eigenvalue weighted by Gasteiger charge is -2.31. The van der Waals surface area contributed by atoms with Crippen molar-refractivity contribution < 1.29 is 9.21 Å². The van der Waals surface area contributed by atoms with Crippen LogP contribution in [0.25, 0.3) is 0 Å². The van der Waals surface area contributed by atoms with Gasteiger partial charge in [-0.1, -0.05) is 11.8 Å². The van der Waals surface area contributed by atoms with Crippen LogP contribution in [0.5, 0.6) is 0 Å². The molecule has 1 amide bonds. The smallest absolute Gasteiger partial charge is 0.289 e. The number of rotatable bonds is 3. The third-order valence-electron chi connectivity index (χ3n) is 3.11. The van der Waals surface area contributed by atoms with E-state index in [-0.39, 0.29) is 18.3 Å². The Kier molecular flexibility index (Phi) is 6.05. The molecular formula is C12H19ClN2O2S. The summed E-state index contributed by atoms with van der Waals surface area (Å²) in [5.74, 6) is 0.455. The molecule has 1 fully saturated rings. The molecule has 1 unspecified atom stereocenters. The van der Waals surface area contributed by atoms with E-state index in [4.69, 9.17) is 4.42 Å². The first-order chi connectivity index (χ1) is 8.24. The molecule has 18 heavy (non-hydrogen) atoms. The molecule has 1 aromatic heterocycles. The zero-order valence-electron chi connectivity index (χ0n) is 10.6. The molecule has 0 radical (unpaired) electrons. The number of nitrogens with one attached hydrogen (secondary N) is 1. The standard InChI is InChI=1S/C12H18N2O2S.ClH/c1-13-9-4-3-7-14(8-9)12(15)10-5-6-11(16-10)17-2;/h5-6,9,13H,3-4,7-8H2,1-2H3;1H. The van der Waals surface area contributed by atoms with E-state index in [9.17, 15) is 4.79 Å². The molecule has 1 aliphatic rings. The number of halogens is 1. The van der Waals surface area contributed by atoms with Gasteiger partial charge in [0.15, 0.2) is 10.9 Å². The molecule has 2 rings (SSSR count). The van der Waals surface area contributed by atoms with Crippen molar-refractivity contribution in [3.8, 4) is 0 Å². The Morgan fingerprint density at radius 3 is 2.94 bits per heavy atom. The van der Waals surface area contributed by atoms with E-state index in [1.807, 2.05) is 24.3 Å². The summed E-state index contributed by atoms with van der Waals surface area (Å²) in [5, 5.41) is 4.02. The van der Waals surface area contributed by atoms with E-state index in [0.29, 0.717) is 11.8 Å². The lowest BCUT2D eigenvalue weighted by molar-refractivity contribution is 0.0660. The Labute approximate surface area is 118 Å². The van der Waals surface area contributed by atoms with Crippen LogP contribution in [-0.2, 0) is 0 Å². The van der Waals surface area contributed by atoms with Gasteiger partial charge in [-0.05, 0) is 38.3 Å². The first-order valence-corrected chi connectivity index (χ1v) is 7.07. The summed E-state index contributed by atoms with van der Waals surface area (Å²) in [6.45, 7) is 1.59. The Bertz CT molecular complexity index is 397. The maximum atomic E-state index is 12.2. The molecule has 1 saturated heterocycles. The molecule has 6 heteroatoms. The molecular weight excluding hydrogens is 272 g/mol. The van der Waals surface area contributed by atoms with Gasteiger partial charge in [-0.25, -0.2) is 0 Å². The summed E-state index contributed by atoms with van der Waals surface area (Å²) in [6.07, 6.45) is 4.12. The van der Waals surface area contributed by atoms with Gasteiger partial charge in [0.1, 0.15) is 0 Å². The maximum Gasteiger partial charge on any atom is 0.289 e. The van der Waals surface area contributed by atoms with Crippen LogP contribution in [-0.4, -0.2) is 43.2 Å². The number of hydrogen-bond acceptors (Lipinski definition) is 4. The summed E-state index contributed by atoms with van der Waals surface area (Å²) < 4.78 is 5.47. The van der Waals surface area contributed by atoms with Crippen LogP contribution in [0, 0.1) is 0 Å². The number of amides is 1. The Morgan fingerprint density at radius 1 is 1.56 bits per heavy atom. The second-order valence-electron chi connectivity index (χ2n) is 4.20. The SMILES string of the molecule is CNC1CCCN(C(=O)c2ccc(SC)o2)C1.Cl. The van der Waals surface area contributed by atoms with Gasteiger partial charge in [0.05, 0.1) is 0 Å². The zero-order chi connectivity index (χ0) is 12.3. The van der Waals surface area contributed by atoms with Crippen LogP contribution in [0.4, 0.5) is 0 Å². The van der Waals surface area contributed by atoms with Gasteiger partial charge in [-0.15, -0.1) is 12.4 Å². The topological polar surface area (TPSA) is 45.5 Å². The van der Waals surface area contributed by atoms with Crippen molar-refractivity contribution in [1.29, 1.82) is 0 Å². The summed E-state index contributed by atoms with van der Waals surface area (Å²) >= 11 is 1.51. The van der Waals surface area contributed by atoms with E-state index in [2.05, 4.69) is 5.32 Å². The summed E-state index contributed by atoms with van der Waals surface area (Å²) in [6, 6.07) is 4.01. The molecule has 4 nitrogen and oxygen atoms in total. The summed E-state index contributed by atoms with van der Waals surface area (Å²) in [5.41, 5.74) is 0. The van der Waals surface area contributed by atoms with Gasteiger partial charge in [0.2, 0.25) is 0 Å². The zero-order valence-corrected chi connectivity index (χ0v) is 12.3. The average molecular weight is 291 g/mol. The van der Waals surface area contributed by atoms with Gasteiger partial charge in [0.25, 0.3) is 5.91 Å². The Morgan fingerprint density at radius 2 is 2.33 bits per heavy atom. The van der Waals surface area contributed by atoms with Crippen molar-refractivity contribution >= 4 is 30.1 Å². The number of nitrogens with zero attached hydrogens (tertiary/aromatic N) is 1. The summed E-state index contributed by atoms with van der Waals surface area (Å²) in [4.78, 5) is 14.1. The van der Waals surface area contributed by atoms with E-state index in [1.165, 1.54) is 11.8 Å². The molecule has 1 aliphatic heterocycles. The highest BCUT2D eigenvalue weighted by atomic mass is 35.5. The van der Waals surface area contributed by atoms with E-state index in [0.717, 1.165) is 31.0 Å². The van der Waals surface area contributed by atoms with Crippen molar-refractivity contribution in [2.45, 2.75) is 24.0 Å². The molecule has 0 saturated carbocycles. The molecule has 102 valence electrons. The third-order valence-corrected chi connectivity index (χ3v) is 3.73. The monoisotopic (exact) mass is 290 g/mol. The second-order valence-corrected chi connectivity index (χ2v) is 5.01. The van der Waals surface area contributed by atoms with Crippen LogP contribution in [0.1, 0.15) is 23.4 Å². The number of likely N-dealkylation sites (N-methyl/N-ethyl adjacent to an activating group) is 1. The molecule has 0 aliphatic carbocycles. The lowest BCUT2D eigenvalue weighted by atomic mass is 10.1. The molecule has 1 N–H and O–H groups in total. The fraction of sp³-hybridized carbons (Fsp3) is 0.583. The van der Waals surface area contributed by atoms with Crippen LogP contribution in [0.3, 0.4) is 0 Å². The third kappa shape index (κ3) is 3.43. The van der Waals surface area contributed by atoms with Crippen LogP contribution < -0.4 is 5.32 Å². The number of furan rings is 1. The second kappa shape index (κ2) is 7.07. The molecule has 0 spiro atoms. The molecule has 0 aromatic carbocycles. The minimum atomic E-state index is 0. The number of hydrogen-bond donors (Lipinski definition) is 1. The van der Waals surface area contributed by atoms with Crippen molar-refractivity contribution in [2.24, 2.45) is 0 Å². The normalized spacial score (nSPS) is 19.4. The van der Waals surface area contributed by atoms with Gasteiger partial charge < -0.3 is 14.6 Å². The molecule has 1 atom stereocenters. The van der Waals surface area contributed by atoms with Gasteiger partial charge in [-0.2, -0.15) is 0 Å². The Balaban J connectivity index is 0.00000162. The van der Waals surface area contributed by atoms with Crippen molar-refractivity contribution in [2.75, 3.05) is 26.4 Å². The highest BCUT2D eigenvalue weighted by molar-refractivity contribution is 7.98. The van der Waals surface area contributed by atoms with Crippen LogP contribution in [0.2, 0.25) is 0 Å². The predicted octanol–water partition coefficient (Wildman–Crippen LogP) is 2.25. The number of piperidine rings is 1. The van der Waals surface area contributed by atoms with Gasteiger partial charge in [0, 0.05) is 19.1 Å². The number of carbonyl (C=O) groups is 1. The summed E-state index contributed by atoms with van der Waals surface area (Å²) in [7, 11) is 1.94. The maximum absolute atomic E-state index is 12.2. The minimum Gasteiger partial charge on any atom is -0.445 e. The van der Waals surface area contributed by atoms with Crippen molar-refractivity contribution in [3.63, 3.8) is 0 Å². The van der Waals surface area contributed by atoms with Crippen LogP contribution >= 0.6 is 24.2 Å². The number of thioether (sulfide) groups is 1. The largest absolute Gasteiger partial charge is 0.445 e. The first-order valence-electron chi connectivity index (χ1n) is 5.85. The number of carbonyl (C=O) groups excluding carboxylic acids is 1. The molecule has 2 heterocycles. The Hall–Kier alpha value is -0.650. The van der Waals surface area contributed by atoms with E-state index < -0.39 is 0 Å². The fourth-order valence-electron chi connectivity index (χ4n) is 2.10. The first kappa shape index (κ1) is 15.4. The minimum absolute atomic E-state index is 0. The number of likely N-dealkylation sites (tertiary alicyclic amines) is 1. The van der Waals surface area contributed by atoms with Gasteiger partial charge >= 0.3 is 0 Å². The molecule has 0 bridgehead atoms. The fourth-order valence-corrected chi connectivity index (χ4v) is 2.48. The van der Waals surface area contributed by atoms with E-state index in [1.54, 1.807) is 6.07 Å². The van der Waals surface area contributed by atoms with Gasteiger partial charge in [-0.3, -0.25) is 4.79 Å². The lowest BCUT2D eigenvalue weighted by Crippen LogP contribution is -2.46. The predicted molar refractivity (Wildman–Crippen MR) is 75.7 cm³/mol. The van der Waals surface area contributed by atoms with Crippen LogP contribution in [0.15, 0.2) is 21.6 Å². The molecule has 1 aromatic rings. The highest BCUT2D eigenvalue weighted by Crippen LogP contribution is 2.20.